The molecular formula is C39H63N7O11P+. The molecule has 0 spiro atoms. The molecule has 0 bridgehead atoms. The van der Waals surface area contributed by atoms with E-state index >= 15 is 0 Å². The number of carbonyl (C=O) groups excluding carboxylic acids is 7. The maximum atomic E-state index is 14.7. The highest BCUT2D eigenvalue weighted by atomic mass is 31.1. The van der Waals surface area contributed by atoms with Crippen LogP contribution in [0.4, 0.5) is 4.79 Å². The fraction of sp³-hybridized carbons (Fsp3) is 0.667. The van der Waals surface area contributed by atoms with E-state index in [1.54, 1.807) is 66.7 Å². The Morgan fingerprint density at radius 3 is 1.81 bits per heavy atom. The zero-order valence-corrected chi connectivity index (χ0v) is 36.3. The number of carbonyl (C=O) groups is 7. The van der Waals surface area contributed by atoms with Gasteiger partial charge < -0.3 is 47.3 Å². The van der Waals surface area contributed by atoms with Crippen molar-refractivity contribution in [2.24, 2.45) is 23.3 Å². The minimum absolute atomic E-state index is 0.0584. The molecule has 1 aliphatic rings. The van der Waals surface area contributed by atoms with E-state index < -0.39 is 113 Å². The van der Waals surface area contributed by atoms with E-state index in [9.17, 15) is 43.2 Å². The van der Waals surface area contributed by atoms with E-state index in [0.717, 1.165) is 0 Å². The van der Waals surface area contributed by atoms with E-state index in [-0.39, 0.29) is 18.4 Å². The van der Waals surface area contributed by atoms with Crippen molar-refractivity contribution < 1.29 is 52.7 Å². The van der Waals surface area contributed by atoms with Crippen LogP contribution >= 0.6 is 7.80 Å². The third-order valence-corrected chi connectivity index (χ3v) is 12.9. The lowest BCUT2D eigenvalue weighted by molar-refractivity contribution is -0.142. The normalized spacial score (nSPS) is 18.8. The number of hydrogen-bond donors (Lipinski definition) is 8. The van der Waals surface area contributed by atoms with Crippen LogP contribution in [0, 0.1) is 11.8 Å². The van der Waals surface area contributed by atoms with Crippen LogP contribution in [0.15, 0.2) is 30.3 Å². The van der Waals surface area contributed by atoms with Crippen LogP contribution in [-0.4, -0.2) is 100 Å². The SMILES string of the molecule is COC(C)(NC(=O)[C@H](C)NC(=O)[C@H](C)NC(=O)[C@](CO)(NC(=O)OC(C)(C)C)c1ccccc1)[P+](=O)C1(C(=O)[C@@](N)(C(=O)N[C@H](C(N)=O)C(C)C)C(C)C)CCCC1. The highest BCUT2D eigenvalue weighted by molar-refractivity contribution is 7.49. The molecule has 58 heavy (non-hydrogen) atoms. The first-order valence-electron chi connectivity index (χ1n) is 19.3. The molecule has 1 fully saturated rings. The predicted molar refractivity (Wildman–Crippen MR) is 215 cm³/mol. The lowest BCUT2D eigenvalue weighted by Gasteiger charge is -2.37. The largest absolute Gasteiger partial charge is 0.444 e. The number of primary amides is 1. The summed E-state index contributed by atoms with van der Waals surface area (Å²) in [6.07, 6.45) is 0.0247. The van der Waals surface area contributed by atoms with Crippen molar-refractivity contribution in [1.29, 1.82) is 0 Å². The van der Waals surface area contributed by atoms with E-state index in [2.05, 4.69) is 26.6 Å². The molecule has 0 heterocycles. The maximum absolute atomic E-state index is 14.7. The van der Waals surface area contributed by atoms with E-state index in [0.29, 0.717) is 12.8 Å². The summed E-state index contributed by atoms with van der Waals surface area (Å²) >= 11 is 0. The summed E-state index contributed by atoms with van der Waals surface area (Å²) in [5.74, 6) is -6.54. The molecule has 0 aromatic heterocycles. The van der Waals surface area contributed by atoms with E-state index in [1.165, 1.54) is 40.0 Å². The molecular weight excluding hydrogens is 773 g/mol. The standard InChI is InChI=1S/C39H62N7O11P/c1-22(2)27(28(40)48)44-33(53)39(41,23(3)4)31(51)37(19-15-16-20-37)58(55)36(10,56-11)45-30(50)25(6)42-29(49)24(5)43-32(52)38(21-47,26-17-13-12-14-18-26)46-34(54)57-35(7,8)9/h12-14,17-18,22-25,27,47H,15-16,19-21,41H2,1-11H3,(H6-,40,42,43,44,45,46,48,49,50,52,53,54)/p+1/t24-,25-,27-,36?,38+,39+/m0/s1. The van der Waals surface area contributed by atoms with Crippen molar-refractivity contribution in [3.63, 3.8) is 0 Å². The number of ketones is 1. The first-order valence-corrected chi connectivity index (χ1v) is 20.5. The predicted octanol–water partition coefficient (Wildman–Crippen LogP) is 1.53. The number of ether oxygens (including phenoxy) is 2. The number of amides is 6. The van der Waals surface area contributed by atoms with Crippen LogP contribution in [0.5, 0.6) is 0 Å². The topological polar surface area (TPSA) is 287 Å². The summed E-state index contributed by atoms with van der Waals surface area (Å²) in [4.78, 5) is 94.2. The second-order valence-electron chi connectivity index (χ2n) is 16.6. The monoisotopic (exact) mass is 836 g/mol. The molecule has 1 saturated carbocycles. The lowest BCUT2D eigenvalue weighted by Crippen LogP contribution is -2.70. The molecule has 6 amide bonds. The van der Waals surface area contributed by atoms with E-state index in [4.69, 9.17) is 20.9 Å². The number of nitrogens with one attached hydrogen (secondary N) is 5. The summed E-state index contributed by atoms with van der Waals surface area (Å²) in [5.41, 5.74) is 5.08. The maximum Gasteiger partial charge on any atom is 0.410 e. The number of benzene rings is 1. The molecule has 0 saturated heterocycles. The van der Waals surface area contributed by atoms with Crippen molar-refractivity contribution in [2.45, 2.75) is 140 Å². The quantitative estimate of drug-likeness (QED) is 0.0560. The fourth-order valence-electron chi connectivity index (χ4n) is 6.70. The molecule has 0 radical (unpaired) electrons. The molecule has 2 unspecified atom stereocenters. The van der Waals surface area contributed by atoms with Gasteiger partial charge in [-0.3, -0.25) is 34.1 Å². The van der Waals surface area contributed by atoms with Crippen LogP contribution in [0.25, 0.3) is 0 Å². The molecule has 324 valence electrons. The van der Waals surface area contributed by atoms with Gasteiger partial charge >= 0.3 is 19.4 Å². The molecule has 0 aliphatic heterocycles. The molecule has 10 N–H and O–H groups in total. The van der Waals surface area contributed by atoms with Gasteiger partial charge in [0.25, 0.3) is 5.91 Å². The van der Waals surface area contributed by atoms with Gasteiger partial charge in [0, 0.05) is 26.9 Å². The summed E-state index contributed by atoms with van der Waals surface area (Å²) in [6.45, 7) is 14.3. The molecule has 1 aliphatic carbocycles. The van der Waals surface area contributed by atoms with Gasteiger partial charge in [-0.2, -0.15) is 0 Å². The van der Waals surface area contributed by atoms with Gasteiger partial charge in [-0.25, -0.2) is 4.79 Å². The number of rotatable bonds is 19. The van der Waals surface area contributed by atoms with Crippen molar-refractivity contribution >= 4 is 49.2 Å². The minimum Gasteiger partial charge on any atom is -0.444 e. The Kier molecular flexibility index (Phi) is 16.7. The number of Topliss-reactive ketones (excluding diaryl/α,β-unsaturated/α-hetero) is 1. The molecule has 18 nitrogen and oxygen atoms in total. The Balaban J connectivity index is 2.34. The van der Waals surface area contributed by atoms with Gasteiger partial charge in [0.1, 0.15) is 23.7 Å². The smallest absolute Gasteiger partial charge is 0.410 e. The van der Waals surface area contributed by atoms with Gasteiger partial charge in [0.15, 0.2) is 11.1 Å². The number of aliphatic hydroxyl groups is 1. The number of nitrogens with two attached hydrogens (primary N) is 2. The van der Waals surface area contributed by atoms with E-state index in [1.807, 2.05) is 0 Å². The number of methoxy groups -OCH3 is 1. The highest BCUT2D eigenvalue weighted by Gasteiger charge is 2.70. The first kappa shape index (κ1) is 49.6. The zero-order valence-electron chi connectivity index (χ0n) is 35.4. The minimum atomic E-state index is -2.91. The number of alkyl carbamates (subject to hydrolysis) is 1. The van der Waals surface area contributed by atoms with Crippen LogP contribution in [0.3, 0.4) is 0 Å². The number of hydrogen-bond acceptors (Lipinski definition) is 12. The lowest BCUT2D eigenvalue weighted by atomic mass is 9.76. The summed E-state index contributed by atoms with van der Waals surface area (Å²) in [7, 11) is -1.73. The first-order chi connectivity index (χ1) is 26.7. The van der Waals surface area contributed by atoms with Crippen LogP contribution < -0.4 is 38.1 Å². The fourth-order valence-corrected chi connectivity index (χ4v) is 8.99. The van der Waals surface area contributed by atoms with Crippen molar-refractivity contribution in [3.8, 4) is 0 Å². The Morgan fingerprint density at radius 1 is 0.828 bits per heavy atom. The molecule has 19 heteroatoms. The molecule has 7 atom stereocenters. The summed E-state index contributed by atoms with van der Waals surface area (Å²) in [5, 5.41) is 21.2. The van der Waals surface area contributed by atoms with Crippen LogP contribution in [0.2, 0.25) is 0 Å². The van der Waals surface area contributed by atoms with Crippen molar-refractivity contribution in [1.82, 2.24) is 26.6 Å². The highest BCUT2D eigenvalue weighted by Crippen LogP contribution is 2.59. The van der Waals surface area contributed by atoms with Crippen LogP contribution in [0.1, 0.15) is 100 Å². The van der Waals surface area contributed by atoms with Gasteiger partial charge in [0.2, 0.25) is 34.6 Å². The Labute approximate surface area is 341 Å². The van der Waals surface area contributed by atoms with Gasteiger partial charge in [-0.1, -0.05) is 62.6 Å². The average molecular weight is 837 g/mol. The average Bonchev–Trinajstić information content (AvgIpc) is 3.65. The summed E-state index contributed by atoms with van der Waals surface area (Å²) < 4.78 is 25.7. The van der Waals surface area contributed by atoms with Crippen molar-refractivity contribution in [3.05, 3.63) is 35.9 Å². The summed E-state index contributed by atoms with van der Waals surface area (Å²) in [6, 6.07) is 4.07. The van der Waals surface area contributed by atoms with Gasteiger partial charge in [-0.15, -0.1) is 0 Å². The molecule has 1 aromatic carbocycles. The van der Waals surface area contributed by atoms with Crippen molar-refractivity contribution in [2.75, 3.05) is 13.7 Å². The Morgan fingerprint density at radius 2 is 1.36 bits per heavy atom. The Bertz CT molecular complexity index is 1710. The van der Waals surface area contributed by atoms with Gasteiger partial charge in [0.05, 0.1) is 6.61 Å². The second kappa shape index (κ2) is 19.5. The molecule has 1 aromatic rings. The third kappa shape index (κ3) is 10.9. The number of aliphatic hydroxyl groups excluding tert-OH is 1. The third-order valence-electron chi connectivity index (χ3n) is 10.4. The molecule has 2 rings (SSSR count). The Hall–Kier alpha value is -4.51. The van der Waals surface area contributed by atoms with Gasteiger partial charge in [-0.05, 0) is 64.9 Å². The van der Waals surface area contributed by atoms with Crippen LogP contribution in [-0.2, 0) is 48.3 Å². The zero-order chi connectivity index (χ0) is 44.6. The second-order valence-corrected chi connectivity index (χ2v) is 18.9.